The van der Waals surface area contributed by atoms with Crippen LogP contribution in [0.1, 0.15) is 18.1 Å². The van der Waals surface area contributed by atoms with E-state index in [0.29, 0.717) is 28.9 Å². The van der Waals surface area contributed by atoms with E-state index in [0.717, 1.165) is 11.1 Å². The van der Waals surface area contributed by atoms with Gasteiger partial charge in [-0.3, -0.25) is 4.79 Å². The SMILES string of the molecule is COCc1cccc(CNC(=O)C(C)Oc2cccc(Cl)c2Cl)c1. The lowest BCUT2D eigenvalue weighted by Crippen LogP contribution is -2.36. The van der Waals surface area contributed by atoms with Crippen LogP contribution in [-0.2, 0) is 22.7 Å². The third kappa shape index (κ3) is 5.13. The Morgan fingerprint density at radius 2 is 1.88 bits per heavy atom. The predicted octanol–water partition coefficient (Wildman–Crippen LogP) is 4.22. The molecular weight excluding hydrogens is 349 g/mol. The topological polar surface area (TPSA) is 47.6 Å². The molecule has 2 aromatic carbocycles. The molecule has 1 amide bonds. The molecule has 0 aliphatic rings. The summed E-state index contributed by atoms with van der Waals surface area (Å²) in [6.45, 7) is 2.61. The smallest absolute Gasteiger partial charge is 0.261 e. The van der Waals surface area contributed by atoms with Crippen molar-refractivity contribution in [1.82, 2.24) is 5.32 Å². The second kappa shape index (κ2) is 8.92. The quantitative estimate of drug-likeness (QED) is 0.796. The number of hydrogen-bond donors (Lipinski definition) is 1. The van der Waals surface area contributed by atoms with Gasteiger partial charge in [-0.2, -0.15) is 0 Å². The molecule has 2 rings (SSSR count). The number of ether oxygens (including phenoxy) is 2. The van der Waals surface area contributed by atoms with Gasteiger partial charge in [-0.05, 0) is 30.2 Å². The van der Waals surface area contributed by atoms with Gasteiger partial charge >= 0.3 is 0 Å². The Morgan fingerprint density at radius 3 is 2.62 bits per heavy atom. The van der Waals surface area contributed by atoms with Gasteiger partial charge in [-0.25, -0.2) is 0 Å². The molecule has 0 heterocycles. The molecule has 1 unspecified atom stereocenters. The zero-order chi connectivity index (χ0) is 17.5. The molecule has 0 aliphatic heterocycles. The number of amides is 1. The second-order valence-corrected chi connectivity index (χ2v) is 6.07. The van der Waals surface area contributed by atoms with Crippen LogP contribution in [0.4, 0.5) is 0 Å². The maximum absolute atomic E-state index is 12.2. The zero-order valence-corrected chi connectivity index (χ0v) is 15.0. The van der Waals surface area contributed by atoms with E-state index >= 15 is 0 Å². The molecule has 0 aromatic heterocycles. The summed E-state index contributed by atoms with van der Waals surface area (Å²) in [5, 5.41) is 3.52. The van der Waals surface area contributed by atoms with E-state index in [1.54, 1.807) is 32.2 Å². The lowest BCUT2D eigenvalue weighted by Gasteiger charge is -2.16. The van der Waals surface area contributed by atoms with Crippen LogP contribution in [-0.4, -0.2) is 19.1 Å². The third-order valence-electron chi connectivity index (χ3n) is 3.36. The van der Waals surface area contributed by atoms with E-state index in [9.17, 15) is 4.79 Å². The van der Waals surface area contributed by atoms with Gasteiger partial charge in [-0.15, -0.1) is 0 Å². The summed E-state index contributed by atoms with van der Waals surface area (Å²) < 4.78 is 10.7. The zero-order valence-electron chi connectivity index (χ0n) is 13.5. The normalized spacial score (nSPS) is 11.8. The van der Waals surface area contributed by atoms with E-state index in [4.69, 9.17) is 32.7 Å². The van der Waals surface area contributed by atoms with Crippen molar-refractivity contribution in [3.63, 3.8) is 0 Å². The van der Waals surface area contributed by atoms with Crippen LogP contribution in [0.3, 0.4) is 0 Å². The molecule has 0 bridgehead atoms. The second-order valence-electron chi connectivity index (χ2n) is 5.28. The minimum atomic E-state index is -0.692. The molecule has 0 fully saturated rings. The molecule has 1 N–H and O–H groups in total. The van der Waals surface area contributed by atoms with Crippen molar-refractivity contribution in [2.45, 2.75) is 26.2 Å². The third-order valence-corrected chi connectivity index (χ3v) is 4.16. The number of nitrogens with one attached hydrogen (secondary N) is 1. The van der Waals surface area contributed by atoms with Crippen molar-refractivity contribution >= 4 is 29.1 Å². The molecule has 4 nitrogen and oxygen atoms in total. The van der Waals surface area contributed by atoms with Gasteiger partial charge in [0.2, 0.25) is 0 Å². The number of hydrogen-bond acceptors (Lipinski definition) is 3. The van der Waals surface area contributed by atoms with E-state index in [-0.39, 0.29) is 5.91 Å². The van der Waals surface area contributed by atoms with Crippen molar-refractivity contribution in [3.8, 4) is 5.75 Å². The highest BCUT2D eigenvalue weighted by Crippen LogP contribution is 2.32. The van der Waals surface area contributed by atoms with Crippen LogP contribution >= 0.6 is 23.2 Å². The van der Waals surface area contributed by atoms with Gasteiger partial charge < -0.3 is 14.8 Å². The van der Waals surface area contributed by atoms with Gasteiger partial charge in [0.15, 0.2) is 6.10 Å². The summed E-state index contributed by atoms with van der Waals surface area (Å²) in [5.41, 5.74) is 2.05. The van der Waals surface area contributed by atoms with Crippen molar-refractivity contribution in [1.29, 1.82) is 0 Å². The fraction of sp³-hybridized carbons (Fsp3) is 0.278. The average Bonchev–Trinajstić information content (AvgIpc) is 2.57. The van der Waals surface area contributed by atoms with E-state index in [2.05, 4.69) is 5.32 Å². The van der Waals surface area contributed by atoms with Crippen LogP contribution in [0.2, 0.25) is 10.0 Å². The van der Waals surface area contributed by atoms with Gasteiger partial charge in [0.05, 0.1) is 11.6 Å². The molecule has 0 radical (unpaired) electrons. The van der Waals surface area contributed by atoms with Crippen molar-refractivity contribution < 1.29 is 14.3 Å². The summed E-state index contributed by atoms with van der Waals surface area (Å²) in [5.74, 6) is 0.150. The Balaban J connectivity index is 1.92. The van der Waals surface area contributed by atoms with Crippen LogP contribution < -0.4 is 10.1 Å². The number of benzene rings is 2. The van der Waals surface area contributed by atoms with E-state index in [1.165, 1.54) is 0 Å². The predicted molar refractivity (Wildman–Crippen MR) is 95.6 cm³/mol. The molecule has 0 saturated carbocycles. The van der Waals surface area contributed by atoms with Crippen LogP contribution in [0, 0.1) is 0 Å². The standard InChI is InChI=1S/C18H19Cl2NO3/c1-12(24-16-8-4-7-15(19)17(16)20)18(22)21-10-13-5-3-6-14(9-13)11-23-2/h3-9,12H,10-11H2,1-2H3,(H,21,22). The first-order chi connectivity index (χ1) is 11.5. The summed E-state index contributed by atoms with van der Waals surface area (Å²) in [6.07, 6.45) is -0.692. The fourth-order valence-electron chi connectivity index (χ4n) is 2.15. The maximum Gasteiger partial charge on any atom is 0.261 e. The lowest BCUT2D eigenvalue weighted by atomic mass is 10.1. The molecule has 1 atom stereocenters. The number of carbonyl (C=O) groups is 1. The summed E-state index contributed by atoms with van der Waals surface area (Å²) in [7, 11) is 1.65. The number of methoxy groups -OCH3 is 1. The Hall–Kier alpha value is -1.75. The largest absolute Gasteiger partial charge is 0.479 e. The number of halogens is 2. The Morgan fingerprint density at radius 1 is 1.17 bits per heavy atom. The maximum atomic E-state index is 12.2. The highest BCUT2D eigenvalue weighted by Gasteiger charge is 2.16. The molecule has 0 spiro atoms. The minimum Gasteiger partial charge on any atom is -0.479 e. The molecule has 6 heteroatoms. The number of rotatable bonds is 7. The molecule has 24 heavy (non-hydrogen) atoms. The first kappa shape index (κ1) is 18.6. The van der Waals surface area contributed by atoms with Crippen molar-refractivity contribution in [2.24, 2.45) is 0 Å². The highest BCUT2D eigenvalue weighted by atomic mass is 35.5. The van der Waals surface area contributed by atoms with Crippen molar-refractivity contribution in [3.05, 3.63) is 63.6 Å². The van der Waals surface area contributed by atoms with Gasteiger partial charge in [0.1, 0.15) is 10.8 Å². The molecule has 0 aliphatic carbocycles. The van der Waals surface area contributed by atoms with Gasteiger partial charge in [0, 0.05) is 13.7 Å². The lowest BCUT2D eigenvalue weighted by molar-refractivity contribution is -0.127. The highest BCUT2D eigenvalue weighted by molar-refractivity contribution is 6.42. The first-order valence-corrected chi connectivity index (χ1v) is 8.22. The number of carbonyl (C=O) groups excluding carboxylic acids is 1. The molecular formula is C18H19Cl2NO3. The Bertz CT molecular complexity index is 706. The Kier molecular flexibility index (Phi) is 6.91. The molecule has 0 saturated heterocycles. The average molecular weight is 368 g/mol. The van der Waals surface area contributed by atoms with E-state index < -0.39 is 6.10 Å². The van der Waals surface area contributed by atoms with Crippen LogP contribution in [0.5, 0.6) is 5.75 Å². The van der Waals surface area contributed by atoms with E-state index in [1.807, 2.05) is 24.3 Å². The van der Waals surface area contributed by atoms with Gasteiger partial charge in [-0.1, -0.05) is 53.5 Å². The van der Waals surface area contributed by atoms with Crippen LogP contribution in [0.25, 0.3) is 0 Å². The molecule has 2 aromatic rings. The monoisotopic (exact) mass is 367 g/mol. The van der Waals surface area contributed by atoms with Gasteiger partial charge in [0.25, 0.3) is 5.91 Å². The summed E-state index contributed by atoms with van der Waals surface area (Å²) in [4.78, 5) is 12.2. The fourth-order valence-corrected chi connectivity index (χ4v) is 2.48. The first-order valence-electron chi connectivity index (χ1n) is 7.46. The van der Waals surface area contributed by atoms with Crippen molar-refractivity contribution in [2.75, 3.05) is 7.11 Å². The minimum absolute atomic E-state index is 0.233. The van der Waals surface area contributed by atoms with Crippen LogP contribution in [0.15, 0.2) is 42.5 Å². The molecule has 128 valence electrons. The summed E-state index contributed by atoms with van der Waals surface area (Å²) >= 11 is 12.0. The Labute approximate surface area is 151 Å². The summed E-state index contributed by atoms with van der Waals surface area (Å²) in [6, 6.07) is 12.9.